The normalized spacial score (nSPS) is 15.0. The molecule has 88 heavy (non-hydrogen) atoms. The first-order valence-electron chi connectivity index (χ1n) is 29.8. The number of ether oxygens (including phenoxy) is 4. The second kappa shape index (κ2) is 23.4. The van der Waals surface area contributed by atoms with Crippen molar-refractivity contribution in [3.05, 3.63) is 361 Å². The number of fused-ring (bicyclic) bond motifs is 6. The number of para-hydroxylation sites is 2. The third-order valence-electron chi connectivity index (χ3n) is 17.5. The van der Waals surface area contributed by atoms with Gasteiger partial charge in [-0.25, -0.2) is 0 Å². The fourth-order valence-corrected chi connectivity index (χ4v) is 13.6. The van der Waals surface area contributed by atoms with E-state index in [4.69, 9.17) is 18.9 Å². The van der Waals surface area contributed by atoms with E-state index in [0.29, 0.717) is 13.2 Å². The summed E-state index contributed by atoms with van der Waals surface area (Å²) >= 11 is 0. The lowest BCUT2D eigenvalue weighted by atomic mass is 9.67. The van der Waals surface area contributed by atoms with Crippen LogP contribution in [0.5, 0.6) is 23.0 Å². The summed E-state index contributed by atoms with van der Waals surface area (Å²) in [5.41, 5.74) is 21.4. The lowest BCUT2D eigenvalue weighted by molar-refractivity contribution is 0.363. The summed E-state index contributed by atoms with van der Waals surface area (Å²) in [5.74, 6) is 3.20. The predicted molar refractivity (Wildman–Crippen MR) is 360 cm³/mol. The van der Waals surface area contributed by atoms with Crippen LogP contribution in [0.15, 0.2) is 316 Å². The van der Waals surface area contributed by atoms with E-state index >= 15 is 0 Å². The molecule has 12 aromatic carbocycles. The Hall–Kier alpha value is -11.1. The van der Waals surface area contributed by atoms with Gasteiger partial charge in [0, 0.05) is 34.1 Å². The van der Waals surface area contributed by atoms with Crippen LogP contribution >= 0.6 is 0 Å². The Morgan fingerprint density at radius 2 is 0.591 bits per heavy atom. The summed E-state index contributed by atoms with van der Waals surface area (Å²) in [6, 6.07) is 105. The highest BCUT2D eigenvalue weighted by atomic mass is 16.5. The van der Waals surface area contributed by atoms with Gasteiger partial charge in [0.25, 0.3) is 0 Å². The molecule has 426 valence electrons. The summed E-state index contributed by atoms with van der Waals surface area (Å²) < 4.78 is 23.5. The van der Waals surface area contributed by atoms with E-state index in [9.17, 15) is 0 Å². The van der Waals surface area contributed by atoms with E-state index in [2.05, 4.69) is 314 Å². The smallest absolute Gasteiger partial charge is 0.119 e. The van der Waals surface area contributed by atoms with E-state index in [1.165, 1.54) is 44.5 Å². The minimum absolute atomic E-state index is 0.432. The van der Waals surface area contributed by atoms with Gasteiger partial charge in [0.1, 0.15) is 36.2 Å². The number of nitrogens with zero attached hydrogens (tertiary/aromatic N) is 2. The largest absolute Gasteiger partial charge is 0.497 e. The summed E-state index contributed by atoms with van der Waals surface area (Å²) in [6.07, 6.45) is 3.55. The first-order chi connectivity index (χ1) is 43.4. The third-order valence-corrected chi connectivity index (χ3v) is 17.5. The number of hydrogen-bond acceptors (Lipinski definition) is 6. The van der Waals surface area contributed by atoms with Crippen molar-refractivity contribution >= 4 is 34.1 Å². The molecule has 0 spiro atoms. The van der Waals surface area contributed by atoms with Crippen molar-refractivity contribution in [1.29, 1.82) is 0 Å². The molecule has 6 nitrogen and oxygen atoms in total. The molecule has 1 unspecified atom stereocenters. The van der Waals surface area contributed by atoms with Crippen LogP contribution in [-0.4, -0.2) is 27.4 Å². The minimum atomic E-state index is -0.664. The van der Waals surface area contributed by atoms with Crippen molar-refractivity contribution < 1.29 is 18.9 Å². The van der Waals surface area contributed by atoms with E-state index in [1.54, 1.807) is 26.4 Å². The average Bonchev–Trinajstić information content (AvgIpc) is 1.55. The summed E-state index contributed by atoms with van der Waals surface area (Å²) in [4.78, 5) is 4.73. The van der Waals surface area contributed by atoms with Gasteiger partial charge in [0.15, 0.2) is 0 Å². The predicted octanol–water partition coefficient (Wildman–Crippen LogP) is 20.2. The highest BCUT2D eigenvalue weighted by Gasteiger charge is 2.48. The Morgan fingerprint density at radius 3 is 0.932 bits per heavy atom. The molecule has 0 radical (unpaired) electrons. The second-order valence-electron chi connectivity index (χ2n) is 22.2. The van der Waals surface area contributed by atoms with Gasteiger partial charge in [-0.1, -0.05) is 195 Å². The first-order valence-corrected chi connectivity index (χ1v) is 29.8. The quantitative estimate of drug-likeness (QED) is 0.0752. The minimum Gasteiger partial charge on any atom is -0.497 e. The van der Waals surface area contributed by atoms with Crippen molar-refractivity contribution in [3.8, 4) is 56.4 Å². The fraction of sp³-hybridized carbons (Fsp3) is 0.0732. The van der Waals surface area contributed by atoms with Crippen LogP contribution in [0.1, 0.15) is 44.5 Å². The molecule has 0 aliphatic heterocycles. The molecule has 0 fully saturated rings. The van der Waals surface area contributed by atoms with Gasteiger partial charge in [-0.3, -0.25) is 0 Å². The Labute approximate surface area is 515 Å². The zero-order valence-electron chi connectivity index (χ0n) is 49.2. The Kier molecular flexibility index (Phi) is 14.6. The monoisotopic (exact) mass is 1140 g/mol. The SMILES string of the molecule is C=CCOc1ccc(C2(c3ccc(OC)cc3)c3ccccc3-c3ccc(N(c4ccccc4)c4ccc(-c5ccc(N(c6ccccc6)c6ccc7c(c6)[C@@](c6ccc(OC)cc6)(c6ccc(OCC=C)cc6)c6ccccc6-7)cc5)cc4)cc32)cc1. The molecule has 0 saturated carbocycles. The van der Waals surface area contributed by atoms with Gasteiger partial charge in [0.05, 0.1) is 25.0 Å². The van der Waals surface area contributed by atoms with Crippen LogP contribution in [0.3, 0.4) is 0 Å². The third kappa shape index (κ3) is 9.38. The number of methoxy groups -OCH3 is 2. The molecule has 6 heteroatoms. The van der Waals surface area contributed by atoms with Gasteiger partial charge in [-0.2, -0.15) is 0 Å². The van der Waals surface area contributed by atoms with Gasteiger partial charge < -0.3 is 28.7 Å². The van der Waals surface area contributed by atoms with Crippen LogP contribution in [0.4, 0.5) is 34.1 Å². The zero-order chi connectivity index (χ0) is 59.6. The number of anilines is 6. The number of benzene rings is 12. The molecule has 2 atom stereocenters. The second-order valence-corrected chi connectivity index (χ2v) is 22.2. The van der Waals surface area contributed by atoms with E-state index in [1.807, 2.05) is 0 Å². The fourth-order valence-electron chi connectivity index (χ4n) is 13.6. The van der Waals surface area contributed by atoms with E-state index < -0.39 is 10.8 Å². The topological polar surface area (TPSA) is 43.4 Å². The highest BCUT2D eigenvalue weighted by Crippen LogP contribution is 2.60. The maximum Gasteiger partial charge on any atom is 0.119 e. The van der Waals surface area contributed by atoms with Crippen LogP contribution in [0, 0.1) is 0 Å². The molecule has 14 rings (SSSR count). The molecule has 0 amide bonds. The molecule has 0 N–H and O–H groups in total. The Bertz CT molecular complexity index is 4180. The van der Waals surface area contributed by atoms with E-state index in [0.717, 1.165) is 90.5 Å². The van der Waals surface area contributed by atoms with Gasteiger partial charge in [0.2, 0.25) is 0 Å². The summed E-state index contributed by atoms with van der Waals surface area (Å²) in [6.45, 7) is 8.61. The van der Waals surface area contributed by atoms with Crippen molar-refractivity contribution in [1.82, 2.24) is 0 Å². The molecule has 2 aliphatic rings. The van der Waals surface area contributed by atoms with E-state index in [-0.39, 0.29) is 0 Å². The maximum atomic E-state index is 6.03. The van der Waals surface area contributed by atoms with Crippen molar-refractivity contribution in [2.24, 2.45) is 0 Å². The van der Waals surface area contributed by atoms with Crippen molar-refractivity contribution in [2.45, 2.75) is 10.8 Å². The zero-order valence-corrected chi connectivity index (χ0v) is 49.2. The molecule has 0 bridgehead atoms. The maximum absolute atomic E-state index is 6.03. The highest BCUT2D eigenvalue weighted by molar-refractivity contribution is 5.92. The first kappa shape index (κ1) is 54.8. The Balaban J connectivity index is 0.842. The van der Waals surface area contributed by atoms with Gasteiger partial charge in [-0.05, 0) is 199 Å². The Morgan fingerprint density at radius 1 is 0.295 bits per heavy atom. The summed E-state index contributed by atoms with van der Waals surface area (Å²) in [5, 5.41) is 0. The standard InChI is InChI=1S/C82H64N2O4/c1-5-53-87-71-47-33-61(34-48-71)81(59-29-43-69(85-3)44-30-59)77-23-15-13-21-73(77)75-51-41-67(55-79(75)81)83(63-17-9-7-10-18-63)65-37-25-57(26-38-65)58-27-39-66(40-28-58)84(64-19-11-8-12-20-64)68-42-52-76-74-22-14-16-24-78(74)82(80(76)56-68,60-31-45-70(86-4)46-32-60)62-35-49-72(50-36-62)88-54-6-2/h5-52,55-56H,1-2,53-54H2,3-4H3/t81-,82?/m0/s1. The molecule has 2 aliphatic carbocycles. The average molecular weight is 1140 g/mol. The van der Waals surface area contributed by atoms with Crippen LogP contribution < -0.4 is 28.7 Å². The lowest BCUT2D eigenvalue weighted by Crippen LogP contribution is -2.28. The van der Waals surface area contributed by atoms with Crippen LogP contribution in [-0.2, 0) is 10.8 Å². The number of hydrogen-bond donors (Lipinski definition) is 0. The van der Waals surface area contributed by atoms with Gasteiger partial charge in [-0.15, -0.1) is 0 Å². The molecule has 0 heterocycles. The van der Waals surface area contributed by atoms with Crippen LogP contribution in [0.25, 0.3) is 33.4 Å². The van der Waals surface area contributed by atoms with Gasteiger partial charge >= 0.3 is 0 Å². The van der Waals surface area contributed by atoms with Crippen molar-refractivity contribution in [3.63, 3.8) is 0 Å². The molecule has 12 aromatic rings. The van der Waals surface area contributed by atoms with Crippen LogP contribution in [0.2, 0.25) is 0 Å². The van der Waals surface area contributed by atoms with Crippen molar-refractivity contribution in [2.75, 3.05) is 37.2 Å². The molecule has 0 aromatic heterocycles. The summed E-state index contributed by atoms with van der Waals surface area (Å²) in [7, 11) is 3.43. The number of rotatable bonds is 19. The molecular formula is C82H64N2O4. The molecular weight excluding hydrogens is 1080 g/mol. The lowest BCUT2D eigenvalue weighted by Gasteiger charge is -2.35. The molecule has 0 saturated heterocycles.